The van der Waals surface area contributed by atoms with Crippen molar-refractivity contribution in [3.05, 3.63) is 23.7 Å². The van der Waals surface area contributed by atoms with Gasteiger partial charge < -0.3 is 4.42 Å². The van der Waals surface area contributed by atoms with Crippen LogP contribution in [0.15, 0.2) is 16.5 Å². The standard InChI is InChI=1S/C18H28O/c1-13-3-7-15(8-4-13)17-11-12-18(19-17)16-9-5-14(2)6-10-16/h11-16H,3-10H2,1-2H3. The lowest BCUT2D eigenvalue weighted by Gasteiger charge is -2.26. The van der Waals surface area contributed by atoms with Gasteiger partial charge in [0.25, 0.3) is 0 Å². The third-order valence-electron chi connectivity index (χ3n) is 5.48. The molecule has 0 amide bonds. The summed E-state index contributed by atoms with van der Waals surface area (Å²) in [6.45, 7) is 4.76. The summed E-state index contributed by atoms with van der Waals surface area (Å²) in [7, 11) is 0. The van der Waals surface area contributed by atoms with E-state index in [1.54, 1.807) is 0 Å². The first kappa shape index (κ1) is 13.3. The van der Waals surface area contributed by atoms with Gasteiger partial charge in [-0.2, -0.15) is 0 Å². The van der Waals surface area contributed by atoms with E-state index in [-0.39, 0.29) is 0 Å². The highest BCUT2D eigenvalue weighted by atomic mass is 16.3. The van der Waals surface area contributed by atoms with E-state index in [1.807, 2.05) is 0 Å². The maximum absolute atomic E-state index is 6.23. The van der Waals surface area contributed by atoms with Crippen molar-refractivity contribution in [1.29, 1.82) is 0 Å². The van der Waals surface area contributed by atoms with Gasteiger partial charge in [0.1, 0.15) is 11.5 Å². The number of hydrogen-bond donors (Lipinski definition) is 0. The van der Waals surface area contributed by atoms with E-state index in [0.717, 1.165) is 11.8 Å². The highest BCUT2D eigenvalue weighted by Crippen LogP contribution is 2.40. The van der Waals surface area contributed by atoms with Crippen LogP contribution in [0.4, 0.5) is 0 Å². The zero-order valence-corrected chi connectivity index (χ0v) is 12.5. The van der Waals surface area contributed by atoms with Crippen molar-refractivity contribution in [2.75, 3.05) is 0 Å². The van der Waals surface area contributed by atoms with E-state index in [0.29, 0.717) is 11.8 Å². The largest absolute Gasteiger partial charge is 0.466 e. The molecular formula is C18H28O. The summed E-state index contributed by atoms with van der Waals surface area (Å²) >= 11 is 0. The second-order valence-corrected chi connectivity index (χ2v) is 7.15. The Bertz CT molecular complexity index is 353. The van der Waals surface area contributed by atoms with Gasteiger partial charge in [-0.15, -0.1) is 0 Å². The normalized spacial score (nSPS) is 36.3. The first-order valence-electron chi connectivity index (χ1n) is 8.32. The topological polar surface area (TPSA) is 13.1 Å². The Kier molecular flexibility index (Phi) is 4.00. The van der Waals surface area contributed by atoms with E-state index in [9.17, 15) is 0 Å². The van der Waals surface area contributed by atoms with Crippen LogP contribution in [0.5, 0.6) is 0 Å². The summed E-state index contributed by atoms with van der Waals surface area (Å²) in [5.41, 5.74) is 0. The molecule has 0 unspecified atom stereocenters. The summed E-state index contributed by atoms with van der Waals surface area (Å²) in [5.74, 6) is 5.80. The molecule has 19 heavy (non-hydrogen) atoms. The number of rotatable bonds is 2. The summed E-state index contributed by atoms with van der Waals surface area (Å²) in [5, 5.41) is 0. The summed E-state index contributed by atoms with van der Waals surface area (Å²) < 4.78 is 6.23. The molecule has 2 saturated carbocycles. The van der Waals surface area contributed by atoms with Crippen LogP contribution in [0.25, 0.3) is 0 Å². The molecule has 1 heteroatoms. The van der Waals surface area contributed by atoms with Crippen molar-refractivity contribution in [3.8, 4) is 0 Å². The van der Waals surface area contributed by atoms with Crippen LogP contribution < -0.4 is 0 Å². The van der Waals surface area contributed by atoms with Crippen LogP contribution >= 0.6 is 0 Å². The fourth-order valence-electron chi connectivity index (χ4n) is 3.90. The molecule has 0 aliphatic heterocycles. The summed E-state index contributed by atoms with van der Waals surface area (Å²) in [4.78, 5) is 0. The lowest BCUT2D eigenvalue weighted by Crippen LogP contribution is -2.11. The molecule has 2 fully saturated rings. The van der Waals surface area contributed by atoms with Gasteiger partial charge in [0.15, 0.2) is 0 Å². The SMILES string of the molecule is CC1CCC(c2ccc(C3CCC(C)CC3)o2)CC1. The molecule has 0 bridgehead atoms. The highest BCUT2D eigenvalue weighted by molar-refractivity contribution is 5.15. The fraction of sp³-hybridized carbons (Fsp3) is 0.778. The molecule has 1 nitrogen and oxygen atoms in total. The second kappa shape index (κ2) is 5.73. The van der Waals surface area contributed by atoms with Crippen LogP contribution in [0.1, 0.15) is 88.6 Å². The minimum absolute atomic E-state index is 0.701. The molecule has 3 rings (SSSR count). The predicted molar refractivity (Wildman–Crippen MR) is 79.5 cm³/mol. The van der Waals surface area contributed by atoms with Crippen molar-refractivity contribution in [2.45, 2.75) is 77.0 Å². The molecular weight excluding hydrogens is 232 g/mol. The number of hydrogen-bond acceptors (Lipinski definition) is 1. The van der Waals surface area contributed by atoms with E-state index >= 15 is 0 Å². The zero-order valence-electron chi connectivity index (χ0n) is 12.5. The quantitative estimate of drug-likeness (QED) is 0.648. The van der Waals surface area contributed by atoms with Crippen molar-refractivity contribution in [2.24, 2.45) is 11.8 Å². The smallest absolute Gasteiger partial charge is 0.107 e. The van der Waals surface area contributed by atoms with Gasteiger partial charge in [-0.05, 0) is 49.7 Å². The first-order chi connectivity index (χ1) is 9.22. The zero-order chi connectivity index (χ0) is 13.2. The minimum atomic E-state index is 0.701. The van der Waals surface area contributed by atoms with Crippen molar-refractivity contribution < 1.29 is 4.42 Å². The summed E-state index contributed by atoms with van der Waals surface area (Å²) in [6.07, 6.45) is 10.8. The Morgan fingerprint density at radius 3 is 1.42 bits per heavy atom. The van der Waals surface area contributed by atoms with Gasteiger partial charge in [-0.25, -0.2) is 0 Å². The Morgan fingerprint density at radius 1 is 0.684 bits per heavy atom. The second-order valence-electron chi connectivity index (χ2n) is 7.15. The fourth-order valence-corrected chi connectivity index (χ4v) is 3.90. The van der Waals surface area contributed by atoms with Gasteiger partial charge in [-0.3, -0.25) is 0 Å². The van der Waals surface area contributed by atoms with E-state index < -0.39 is 0 Å². The van der Waals surface area contributed by atoms with Crippen LogP contribution in [0, 0.1) is 11.8 Å². The average molecular weight is 260 g/mol. The lowest BCUT2D eigenvalue weighted by atomic mass is 9.82. The van der Waals surface area contributed by atoms with Crippen LogP contribution in [0.3, 0.4) is 0 Å². The average Bonchev–Trinajstić information content (AvgIpc) is 2.90. The minimum Gasteiger partial charge on any atom is -0.466 e. The first-order valence-corrected chi connectivity index (χ1v) is 8.32. The van der Waals surface area contributed by atoms with E-state index in [4.69, 9.17) is 4.42 Å². The molecule has 2 aliphatic carbocycles. The van der Waals surface area contributed by atoms with E-state index in [2.05, 4.69) is 26.0 Å². The van der Waals surface area contributed by atoms with Gasteiger partial charge in [0.2, 0.25) is 0 Å². The lowest BCUT2D eigenvalue weighted by molar-refractivity contribution is 0.283. The summed E-state index contributed by atoms with van der Waals surface area (Å²) in [6, 6.07) is 4.54. The van der Waals surface area contributed by atoms with Crippen molar-refractivity contribution in [3.63, 3.8) is 0 Å². The van der Waals surface area contributed by atoms with Crippen molar-refractivity contribution in [1.82, 2.24) is 0 Å². The highest BCUT2D eigenvalue weighted by Gasteiger charge is 2.25. The van der Waals surface area contributed by atoms with Crippen LogP contribution in [-0.4, -0.2) is 0 Å². The van der Waals surface area contributed by atoms with Gasteiger partial charge in [0.05, 0.1) is 0 Å². The molecule has 0 radical (unpaired) electrons. The molecule has 0 aromatic carbocycles. The monoisotopic (exact) mass is 260 g/mol. The third kappa shape index (κ3) is 3.07. The van der Waals surface area contributed by atoms with Gasteiger partial charge in [-0.1, -0.05) is 39.5 Å². The van der Waals surface area contributed by atoms with Crippen LogP contribution in [-0.2, 0) is 0 Å². The van der Waals surface area contributed by atoms with E-state index in [1.165, 1.54) is 62.9 Å². The third-order valence-corrected chi connectivity index (χ3v) is 5.48. The van der Waals surface area contributed by atoms with Gasteiger partial charge in [0, 0.05) is 11.8 Å². The molecule has 1 aromatic rings. The Morgan fingerprint density at radius 2 is 1.05 bits per heavy atom. The molecule has 1 heterocycles. The maximum Gasteiger partial charge on any atom is 0.107 e. The predicted octanol–water partition coefficient (Wildman–Crippen LogP) is 5.87. The Balaban J connectivity index is 1.63. The van der Waals surface area contributed by atoms with Gasteiger partial charge >= 0.3 is 0 Å². The Labute approximate surface area is 117 Å². The molecule has 1 aromatic heterocycles. The van der Waals surface area contributed by atoms with Crippen LogP contribution in [0.2, 0.25) is 0 Å². The number of furan rings is 1. The molecule has 106 valence electrons. The maximum atomic E-state index is 6.23. The molecule has 0 saturated heterocycles. The van der Waals surface area contributed by atoms with Crippen molar-refractivity contribution >= 4 is 0 Å². The molecule has 0 N–H and O–H groups in total. The molecule has 0 spiro atoms. The molecule has 0 atom stereocenters. The Hall–Kier alpha value is -0.720. The molecule has 2 aliphatic rings.